The number of amides is 1. The lowest BCUT2D eigenvalue weighted by Gasteiger charge is -2.25. The van der Waals surface area contributed by atoms with Crippen molar-refractivity contribution >= 4 is 17.7 Å². The van der Waals surface area contributed by atoms with Gasteiger partial charge in [-0.3, -0.25) is 4.79 Å². The number of rotatable bonds is 5. The normalized spacial score (nSPS) is 18.4. The minimum Gasteiger partial charge on any atom is -0.326 e. The minimum atomic E-state index is -0.244. The fraction of sp³-hybridized carbons (Fsp3) is 0.350. The van der Waals surface area contributed by atoms with Gasteiger partial charge in [-0.25, -0.2) is 4.39 Å². The average Bonchev–Trinajstić information content (AvgIpc) is 3.07. The third-order valence-electron chi connectivity index (χ3n) is 4.45. The smallest absolute Gasteiger partial charge is 0.278 e. The Kier molecular flexibility index (Phi) is 5.76. The summed E-state index contributed by atoms with van der Waals surface area (Å²) < 4.78 is 13.1. The van der Waals surface area contributed by atoms with Gasteiger partial charge in [-0.2, -0.15) is 0 Å². The van der Waals surface area contributed by atoms with Crippen LogP contribution in [0.2, 0.25) is 0 Å². The number of thioether (sulfide) groups is 1. The molecule has 1 amide bonds. The molecule has 0 saturated carbocycles. The van der Waals surface area contributed by atoms with E-state index in [1.54, 1.807) is 23.9 Å². The Bertz CT molecular complexity index is 717. The van der Waals surface area contributed by atoms with Crippen LogP contribution in [0.25, 0.3) is 0 Å². The Labute approximate surface area is 152 Å². The molecule has 0 aliphatic carbocycles. The zero-order chi connectivity index (χ0) is 17.8. The summed E-state index contributed by atoms with van der Waals surface area (Å²) in [6, 6.07) is 14.9. The molecule has 1 heterocycles. The van der Waals surface area contributed by atoms with Crippen molar-refractivity contribution in [1.29, 1.82) is 0 Å². The lowest BCUT2D eigenvalue weighted by atomic mass is 10.1. The standard InChI is InChI=1S/C20H23FN2OS/c1-15-3-5-16(6-4-15)13-22(2)14-19(24)23-11-12-25-20(23)17-7-9-18(21)10-8-17/h3-10,20H,11-14H2,1-2H3/p+1/t20-/m1/s1. The monoisotopic (exact) mass is 359 g/mol. The summed E-state index contributed by atoms with van der Waals surface area (Å²) in [6.07, 6.45) is 0. The van der Waals surface area contributed by atoms with E-state index >= 15 is 0 Å². The van der Waals surface area contributed by atoms with Gasteiger partial charge in [0.05, 0.1) is 7.05 Å². The molecule has 132 valence electrons. The number of likely N-dealkylation sites (N-methyl/N-ethyl adjacent to an activating group) is 1. The molecule has 0 radical (unpaired) electrons. The summed E-state index contributed by atoms with van der Waals surface area (Å²) in [5.74, 6) is 0.834. The molecule has 1 N–H and O–H groups in total. The van der Waals surface area contributed by atoms with E-state index in [1.165, 1.54) is 28.2 Å². The SMILES string of the molecule is Cc1ccc(C[NH+](C)CC(=O)N2CCS[C@@H]2c2ccc(F)cc2)cc1. The highest BCUT2D eigenvalue weighted by Crippen LogP contribution is 2.37. The van der Waals surface area contributed by atoms with E-state index in [-0.39, 0.29) is 17.1 Å². The maximum Gasteiger partial charge on any atom is 0.278 e. The average molecular weight is 359 g/mol. The van der Waals surface area contributed by atoms with Crippen LogP contribution >= 0.6 is 11.8 Å². The van der Waals surface area contributed by atoms with Crippen molar-refractivity contribution in [1.82, 2.24) is 4.90 Å². The number of nitrogens with one attached hydrogen (secondary N) is 1. The Hall–Kier alpha value is -1.85. The maximum absolute atomic E-state index is 13.1. The molecule has 5 heteroatoms. The number of quaternary nitrogens is 1. The van der Waals surface area contributed by atoms with Gasteiger partial charge in [0.2, 0.25) is 0 Å². The van der Waals surface area contributed by atoms with E-state index in [4.69, 9.17) is 0 Å². The van der Waals surface area contributed by atoms with Gasteiger partial charge < -0.3 is 9.80 Å². The molecule has 3 nitrogen and oxygen atoms in total. The highest BCUT2D eigenvalue weighted by Gasteiger charge is 2.31. The van der Waals surface area contributed by atoms with Gasteiger partial charge in [0.1, 0.15) is 17.7 Å². The van der Waals surface area contributed by atoms with Crippen molar-refractivity contribution < 1.29 is 14.1 Å². The topological polar surface area (TPSA) is 24.8 Å². The molecule has 2 atom stereocenters. The van der Waals surface area contributed by atoms with Gasteiger partial charge in [-0.1, -0.05) is 42.0 Å². The number of nitrogens with zero attached hydrogens (tertiary/aromatic N) is 1. The first-order valence-corrected chi connectivity index (χ1v) is 9.61. The predicted octanol–water partition coefficient (Wildman–Crippen LogP) is 2.42. The van der Waals surface area contributed by atoms with E-state index < -0.39 is 0 Å². The van der Waals surface area contributed by atoms with Crippen LogP contribution in [0, 0.1) is 12.7 Å². The lowest BCUT2D eigenvalue weighted by molar-refractivity contribution is -0.885. The van der Waals surface area contributed by atoms with Gasteiger partial charge in [0, 0.05) is 17.9 Å². The van der Waals surface area contributed by atoms with Gasteiger partial charge in [-0.05, 0) is 24.6 Å². The molecule has 25 heavy (non-hydrogen) atoms. The second-order valence-electron chi connectivity index (χ2n) is 6.66. The summed E-state index contributed by atoms with van der Waals surface area (Å²) >= 11 is 1.74. The van der Waals surface area contributed by atoms with Crippen molar-refractivity contribution in [3.63, 3.8) is 0 Å². The van der Waals surface area contributed by atoms with Crippen molar-refractivity contribution in [2.24, 2.45) is 0 Å². The van der Waals surface area contributed by atoms with Crippen LogP contribution in [0.1, 0.15) is 22.1 Å². The largest absolute Gasteiger partial charge is 0.326 e. The Morgan fingerprint density at radius 1 is 1.20 bits per heavy atom. The number of carbonyl (C=O) groups is 1. The molecule has 2 aromatic rings. The molecular formula is C20H24FN2OS+. The maximum atomic E-state index is 13.1. The Morgan fingerprint density at radius 3 is 2.56 bits per heavy atom. The van der Waals surface area contributed by atoms with E-state index in [1.807, 2.05) is 11.9 Å². The summed E-state index contributed by atoms with van der Waals surface area (Å²) in [5.41, 5.74) is 3.48. The molecule has 2 aromatic carbocycles. The quantitative estimate of drug-likeness (QED) is 0.887. The van der Waals surface area contributed by atoms with Crippen LogP contribution in [-0.4, -0.2) is 36.7 Å². The molecule has 0 bridgehead atoms. The Morgan fingerprint density at radius 2 is 1.88 bits per heavy atom. The zero-order valence-electron chi connectivity index (χ0n) is 14.7. The molecule has 0 aromatic heterocycles. The van der Waals surface area contributed by atoms with Crippen molar-refractivity contribution in [2.75, 3.05) is 25.9 Å². The highest BCUT2D eigenvalue weighted by atomic mass is 32.2. The van der Waals surface area contributed by atoms with E-state index in [0.29, 0.717) is 6.54 Å². The van der Waals surface area contributed by atoms with E-state index in [0.717, 1.165) is 24.4 Å². The van der Waals surface area contributed by atoms with Crippen molar-refractivity contribution in [3.8, 4) is 0 Å². The number of benzene rings is 2. The van der Waals surface area contributed by atoms with Crippen LogP contribution < -0.4 is 4.90 Å². The molecule has 0 spiro atoms. The molecule has 1 fully saturated rings. The molecule has 1 saturated heterocycles. The van der Waals surface area contributed by atoms with Crippen LogP contribution in [0.3, 0.4) is 0 Å². The van der Waals surface area contributed by atoms with Gasteiger partial charge >= 0.3 is 0 Å². The zero-order valence-corrected chi connectivity index (χ0v) is 15.5. The summed E-state index contributed by atoms with van der Waals surface area (Å²) in [6.45, 7) is 4.12. The third-order valence-corrected chi connectivity index (χ3v) is 5.71. The Balaban J connectivity index is 1.61. The van der Waals surface area contributed by atoms with Gasteiger partial charge in [0.15, 0.2) is 6.54 Å². The molecule has 3 rings (SSSR count). The number of hydrogen-bond donors (Lipinski definition) is 1. The third kappa shape index (κ3) is 4.61. The second-order valence-corrected chi connectivity index (χ2v) is 7.85. The molecule has 1 aliphatic rings. The van der Waals surface area contributed by atoms with Crippen LogP contribution in [-0.2, 0) is 11.3 Å². The minimum absolute atomic E-state index is 0.000255. The number of halogens is 1. The van der Waals surface area contributed by atoms with Crippen molar-refractivity contribution in [2.45, 2.75) is 18.8 Å². The van der Waals surface area contributed by atoms with Gasteiger partial charge in [-0.15, -0.1) is 11.8 Å². The molecular weight excluding hydrogens is 335 g/mol. The predicted molar refractivity (Wildman–Crippen MR) is 99.9 cm³/mol. The highest BCUT2D eigenvalue weighted by molar-refractivity contribution is 7.99. The van der Waals surface area contributed by atoms with Gasteiger partial charge in [0.25, 0.3) is 5.91 Å². The second kappa shape index (κ2) is 8.02. The fourth-order valence-corrected chi connectivity index (χ4v) is 4.38. The van der Waals surface area contributed by atoms with E-state index in [2.05, 4.69) is 31.2 Å². The summed E-state index contributed by atoms with van der Waals surface area (Å²) in [7, 11) is 2.05. The number of carbonyl (C=O) groups excluding carboxylic acids is 1. The lowest BCUT2D eigenvalue weighted by Crippen LogP contribution is -3.08. The fourth-order valence-electron chi connectivity index (χ4n) is 3.11. The van der Waals surface area contributed by atoms with Crippen molar-refractivity contribution in [3.05, 3.63) is 71.0 Å². The summed E-state index contributed by atoms with van der Waals surface area (Å²) in [5, 5.41) is 0.000255. The molecule has 1 aliphatic heterocycles. The first-order valence-electron chi connectivity index (χ1n) is 8.56. The van der Waals surface area contributed by atoms with Crippen LogP contribution in [0.4, 0.5) is 4.39 Å². The first kappa shape index (κ1) is 18.0. The number of hydrogen-bond acceptors (Lipinski definition) is 2. The first-order chi connectivity index (χ1) is 12.0. The number of aryl methyl sites for hydroxylation is 1. The molecule has 1 unspecified atom stereocenters. The summed E-state index contributed by atoms with van der Waals surface area (Å²) in [4.78, 5) is 15.9. The van der Waals surface area contributed by atoms with Crippen LogP contribution in [0.15, 0.2) is 48.5 Å². The van der Waals surface area contributed by atoms with E-state index in [9.17, 15) is 9.18 Å². The van der Waals surface area contributed by atoms with Crippen LogP contribution in [0.5, 0.6) is 0 Å².